The average molecular weight is 240 g/mol. The van der Waals surface area contributed by atoms with Gasteiger partial charge in [0.05, 0.1) is 0 Å². The van der Waals surface area contributed by atoms with Gasteiger partial charge in [0.1, 0.15) is 0 Å². The molecule has 0 bridgehead atoms. The number of allylic oxidation sites excluding steroid dienone is 2. The third-order valence-corrected chi connectivity index (χ3v) is 2.61. The Morgan fingerprint density at radius 2 is 1.62 bits per heavy atom. The van der Waals surface area contributed by atoms with E-state index in [1.54, 1.807) is 11.8 Å². The van der Waals surface area contributed by atoms with Gasteiger partial charge in [-0.2, -0.15) is 0 Å². The average Bonchev–Trinajstić information content (AvgIpc) is 2.30. The van der Waals surface area contributed by atoms with Crippen LogP contribution in [0.3, 0.4) is 0 Å². The largest absolute Gasteiger partial charge is 0.412 e. The van der Waals surface area contributed by atoms with Gasteiger partial charge in [0.2, 0.25) is 0 Å². The highest BCUT2D eigenvalue weighted by Gasteiger charge is 1.93. The van der Waals surface area contributed by atoms with Gasteiger partial charge in [-0.1, -0.05) is 48.7 Å². The fourth-order valence-electron chi connectivity index (χ4n) is 0.843. The normalized spacial score (nSPS) is 8.69. The van der Waals surface area contributed by atoms with Crippen LogP contribution in [0.15, 0.2) is 72.0 Å². The fourth-order valence-corrected chi connectivity index (χ4v) is 1.61. The molecule has 0 atom stereocenters. The van der Waals surface area contributed by atoms with Crippen molar-refractivity contribution < 1.29 is 11.0 Å². The molecule has 0 heterocycles. The van der Waals surface area contributed by atoms with Gasteiger partial charge in [0, 0.05) is 9.80 Å². The smallest absolute Gasteiger partial charge is 0.0122 e. The molecule has 2 nitrogen and oxygen atoms in total. The molecule has 0 amide bonds. The van der Waals surface area contributed by atoms with Crippen LogP contribution in [-0.2, 0) is 0 Å². The van der Waals surface area contributed by atoms with Gasteiger partial charge in [-0.05, 0) is 19.1 Å². The van der Waals surface area contributed by atoms with Crippen molar-refractivity contribution in [3.63, 3.8) is 0 Å². The third kappa shape index (κ3) is 8.05. The Morgan fingerprint density at radius 1 is 1.12 bits per heavy atom. The topological polar surface area (TPSA) is 63.0 Å². The van der Waals surface area contributed by atoms with Crippen molar-refractivity contribution >= 4 is 11.8 Å². The fraction of sp³-hybridized carbons (Fsp3) is 0.0769. The van der Waals surface area contributed by atoms with E-state index in [2.05, 4.69) is 37.9 Å². The van der Waals surface area contributed by atoms with E-state index in [0.717, 1.165) is 0 Å². The van der Waals surface area contributed by atoms with Crippen molar-refractivity contribution in [2.45, 2.75) is 11.8 Å². The van der Waals surface area contributed by atoms with Gasteiger partial charge in [0.25, 0.3) is 0 Å². The van der Waals surface area contributed by atoms with Gasteiger partial charge in [0.15, 0.2) is 0 Å². The molecule has 16 heavy (non-hydrogen) atoms. The van der Waals surface area contributed by atoms with E-state index in [4.69, 9.17) is 0 Å². The Labute approximate surface area is 102 Å². The molecule has 1 aromatic carbocycles. The van der Waals surface area contributed by atoms with E-state index in [0.29, 0.717) is 0 Å². The maximum Gasteiger partial charge on any atom is 0.0122 e. The molecule has 1 rings (SSSR count). The SMILES string of the molecule is C=C.C=C/C(=C\C)Sc1ccccc1.O.O. The number of benzene rings is 1. The molecule has 0 radical (unpaired) electrons. The summed E-state index contributed by atoms with van der Waals surface area (Å²) in [5.74, 6) is 0. The zero-order chi connectivity index (χ0) is 10.8. The summed E-state index contributed by atoms with van der Waals surface area (Å²) in [7, 11) is 0. The summed E-state index contributed by atoms with van der Waals surface area (Å²) in [5, 5.41) is 0. The van der Waals surface area contributed by atoms with Gasteiger partial charge < -0.3 is 11.0 Å². The molecule has 0 fully saturated rings. The lowest BCUT2D eigenvalue weighted by Crippen LogP contribution is -1.70. The highest BCUT2D eigenvalue weighted by Crippen LogP contribution is 2.26. The molecule has 0 aromatic heterocycles. The first-order valence-electron chi connectivity index (χ1n) is 4.38. The van der Waals surface area contributed by atoms with Crippen LogP contribution in [-0.4, -0.2) is 11.0 Å². The molecule has 0 saturated heterocycles. The zero-order valence-electron chi connectivity index (χ0n) is 9.57. The molecular weight excluding hydrogens is 220 g/mol. The Kier molecular flexibility index (Phi) is 17.3. The summed E-state index contributed by atoms with van der Waals surface area (Å²) in [5.41, 5.74) is 0. The summed E-state index contributed by atoms with van der Waals surface area (Å²) in [6.45, 7) is 11.8. The second-order valence-corrected chi connectivity index (χ2v) is 3.46. The van der Waals surface area contributed by atoms with Gasteiger partial charge >= 0.3 is 0 Å². The van der Waals surface area contributed by atoms with E-state index < -0.39 is 0 Å². The highest BCUT2D eigenvalue weighted by molar-refractivity contribution is 8.03. The quantitative estimate of drug-likeness (QED) is 0.455. The van der Waals surface area contributed by atoms with Crippen LogP contribution in [0.4, 0.5) is 0 Å². The predicted octanol–water partition coefficient (Wildman–Crippen LogP) is 3.02. The summed E-state index contributed by atoms with van der Waals surface area (Å²) < 4.78 is 0. The van der Waals surface area contributed by atoms with Crippen molar-refractivity contribution in [2.75, 3.05) is 0 Å². The molecule has 0 unspecified atom stereocenters. The highest BCUT2D eigenvalue weighted by atomic mass is 32.2. The first-order valence-corrected chi connectivity index (χ1v) is 5.20. The van der Waals surface area contributed by atoms with Crippen molar-refractivity contribution in [2.24, 2.45) is 0 Å². The van der Waals surface area contributed by atoms with E-state index in [1.807, 2.05) is 31.2 Å². The molecule has 4 N–H and O–H groups in total. The van der Waals surface area contributed by atoms with Crippen molar-refractivity contribution in [1.82, 2.24) is 0 Å². The number of hydrogen-bond acceptors (Lipinski definition) is 1. The van der Waals surface area contributed by atoms with Gasteiger partial charge in [-0.3, -0.25) is 0 Å². The standard InChI is InChI=1S/C11H12S.C2H4.2H2O/c1-3-10(4-2)12-11-8-6-5-7-9-11;1-2;;/h3-9H,1H2,2H3;1-2H2;2*1H2/b10-4+;;;. The van der Waals surface area contributed by atoms with E-state index >= 15 is 0 Å². The van der Waals surface area contributed by atoms with Crippen LogP contribution in [0.1, 0.15) is 6.92 Å². The molecule has 3 heteroatoms. The van der Waals surface area contributed by atoms with E-state index in [9.17, 15) is 0 Å². The maximum atomic E-state index is 3.74. The molecule has 0 aliphatic heterocycles. The minimum absolute atomic E-state index is 0. The molecule has 0 aliphatic rings. The molecule has 0 spiro atoms. The molecule has 1 aromatic rings. The number of hydrogen-bond donors (Lipinski definition) is 0. The van der Waals surface area contributed by atoms with Crippen molar-refractivity contribution in [3.05, 3.63) is 67.1 Å². The van der Waals surface area contributed by atoms with Crippen LogP contribution in [0.5, 0.6) is 0 Å². The second kappa shape index (κ2) is 13.7. The van der Waals surface area contributed by atoms with Crippen LogP contribution < -0.4 is 0 Å². The molecular formula is C13H20O2S. The van der Waals surface area contributed by atoms with Crippen LogP contribution in [0, 0.1) is 0 Å². The summed E-state index contributed by atoms with van der Waals surface area (Å²) in [6, 6.07) is 10.3. The zero-order valence-corrected chi connectivity index (χ0v) is 10.4. The van der Waals surface area contributed by atoms with E-state index in [-0.39, 0.29) is 11.0 Å². The minimum Gasteiger partial charge on any atom is -0.412 e. The summed E-state index contributed by atoms with van der Waals surface area (Å²) in [4.78, 5) is 2.45. The maximum absolute atomic E-state index is 3.74. The molecule has 0 saturated carbocycles. The van der Waals surface area contributed by atoms with Crippen molar-refractivity contribution in [1.29, 1.82) is 0 Å². The van der Waals surface area contributed by atoms with Crippen LogP contribution >= 0.6 is 11.8 Å². The third-order valence-electron chi connectivity index (χ3n) is 1.46. The van der Waals surface area contributed by atoms with Crippen molar-refractivity contribution in [3.8, 4) is 0 Å². The number of rotatable bonds is 3. The first kappa shape index (κ1) is 20.2. The molecule has 0 aliphatic carbocycles. The molecule has 90 valence electrons. The first-order chi connectivity index (χ1) is 6.86. The Balaban J connectivity index is -0.000000399. The van der Waals surface area contributed by atoms with E-state index in [1.165, 1.54) is 9.80 Å². The lowest BCUT2D eigenvalue weighted by Gasteiger charge is -1.99. The van der Waals surface area contributed by atoms with Gasteiger partial charge in [-0.15, -0.1) is 13.2 Å². The lowest BCUT2D eigenvalue weighted by molar-refractivity contribution is 0.823. The van der Waals surface area contributed by atoms with Crippen LogP contribution in [0.2, 0.25) is 0 Å². The summed E-state index contributed by atoms with van der Waals surface area (Å²) >= 11 is 1.73. The Hall–Kier alpha value is -1.29. The predicted molar refractivity (Wildman–Crippen MR) is 74.7 cm³/mol. The second-order valence-electron chi connectivity index (χ2n) is 2.31. The lowest BCUT2D eigenvalue weighted by atomic mass is 10.4. The number of thioether (sulfide) groups is 1. The Morgan fingerprint density at radius 3 is 2.00 bits per heavy atom. The Bertz CT molecular complexity index is 294. The van der Waals surface area contributed by atoms with Gasteiger partial charge in [-0.25, -0.2) is 0 Å². The minimum atomic E-state index is 0. The monoisotopic (exact) mass is 240 g/mol. The summed E-state index contributed by atoms with van der Waals surface area (Å²) in [6.07, 6.45) is 3.93. The van der Waals surface area contributed by atoms with Crippen LogP contribution in [0.25, 0.3) is 0 Å².